The average molecular weight is 376 g/mol. The minimum Gasteiger partial charge on any atom is -0.383 e. The summed E-state index contributed by atoms with van der Waals surface area (Å²) in [5, 5.41) is 3.12. The molecule has 0 aliphatic rings. The van der Waals surface area contributed by atoms with E-state index in [9.17, 15) is 9.59 Å². The molecule has 1 atom stereocenters. The van der Waals surface area contributed by atoms with E-state index in [-0.39, 0.29) is 17.5 Å². The lowest BCUT2D eigenvalue weighted by Crippen LogP contribution is -2.31. The van der Waals surface area contributed by atoms with Gasteiger partial charge in [-0.2, -0.15) is 0 Å². The highest BCUT2D eigenvalue weighted by atomic mass is 16.5. The zero-order valence-corrected chi connectivity index (χ0v) is 15.9. The van der Waals surface area contributed by atoms with E-state index in [1.54, 1.807) is 19.4 Å². The first-order valence-electron chi connectivity index (χ1n) is 9.26. The number of nitrogens with one attached hydrogen (secondary N) is 1. The largest absolute Gasteiger partial charge is 0.383 e. The second-order valence-electron chi connectivity index (χ2n) is 6.57. The highest BCUT2D eigenvalue weighted by molar-refractivity contribution is 5.94. The summed E-state index contributed by atoms with van der Waals surface area (Å²) in [7, 11) is 1.58. The number of nitrogens with zero attached hydrogens (tertiary/aromatic N) is 1. The molecule has 0 fully saturated rings. The van der Waals surface area contributed by atoms with E-state index >= 15 is 0 Å². The topological polar surface area (TPSA) is 60.3 Å². The van der Waals surface area contributed by atoms with E-state index in [1.165, 1.54) is 10.6 Å². The number of carbonyl (C=O) groups is 1. The van der Waals surface area contributed by atoms with Crippen LogP contribution in [0.2, 0.25) is 0 Å². The summed E-state index contributed by atoms with van der Waals surface area (Å²) < 4.78 is 6.52. The van der Waals surface area contributed by atoms with Crippen molar-refractivity contribution in [1.29, 1.82) is 0 Å². The Morgan fingerprint density at radius 1 is 1.00 bits per heavy atom. The summed E-state index contributed by atoms with van der Waals surface area (Å²) in [4.78, 5) is 24.9. The van der Waals surface area contributed by atoms with Crippen molar-refractivity contribution in [2.75, 3.05) is 13.7 Å². The molecule has 1 heterocycles. The Labute approximate surface area is 164 Å². The zero-order chi connectivity index (χ0) is 19.8. The molecule has 0 bridgehead atoms. The van der Waals surface area contributed by atoms with E-state index in [4.69, 9.17) is 4.74 Å². The van der Waals surface area contributed by atoms with Crippen molar-refractivity contribution in [3.63, 3.8) is 0 Å². The van der Waals surface area contributed by atoms with Gasteiger partial charge in [0.1, 0.15) is 0 Å². The van der Waals surface area contributed by atoms with E-state index in [0.717, 1.165) is 11.1 Å². The monoisotopic (exact) mass is 376 g/mol. The minimum absolute atomic E-state index is 0.155. The molecule has 144 valence electrons. The van der Waals surface area contributed by atoms with E-state index in [1.807, 2.05) is 60.7 Å². The van der Waals surface area contributed by atoms with Gasteiger partial charge in [-0.05, 0) is 23.6 Å². The number of rotatable bonds is 8. The fourth-order valence-electron chi connectivity index (χ4n) is 3.06. The maximum atomic E-state index is 12.9. The van der Waals surface area contributed by atoms with Gasteiger partial charge in [0.2, 0.25) is 0 Å². The van der Waals surface area contributed by atoms with Gasteiger partial charge in [0.25, 0.3) is 11.5 Å². The van der Waals surface area contributed by atoms with Crippen LogP contribution in [-0.2, 0) is 17.7 Å². The van der Waals surface area contributed by atoms with Crippen molar-refractivity contribution >= 4 is 5.91 Å². The third-order valence-corrected chi connectivity index (χ3v) is 4.57. The van der Waals surface area contributed by atoms with Gasteiger partial charge < -0.3 is 14.6 Å². The summed E-state index contributed by atoms with van der Waals surface area (Å²) in [6.45, 7) is 0.814. The van der Waals surface area contributed by atoms with Crippen LogP contribution in [0.15, 0.2) is 83.8 Å². The Hall–Kier alpha value is -3.18. The van der Waals surface area contributed by atoms with Crippen molar-refractivity contribution in [1.82, 2.24) is 9.88 Å². The van der Waals surface area contributed by atoms with Crippen LogP contribution in [0.1, 0.15) is 27.5 Å². The number of pyridine rings is 1. The van der Waals surface area contributed by atoms with Crippen LogP contribution in [0, 0.1) is 0 Å². The molecular weight excluding hydrogens is 352 g/mol. The summed E-state index contributed by atoms with van der Waals surface area (Å²) in [6.07, 6.45) is 2.27. The first-order valence-corrected chi connectivity index (χ1v) is 9.26. The molecule has 0 saturated carbocycles. The summed E-state index contributed by atoms with van der Waals surface area (Å²) in [5.41, 5.74) is 2.47. The third kappa shape index (κ3) is 5.18. The lowest BCUT2D eigenvalue weighted by Gasteiger charge is -2.20. The predicted molar refractivity (Wildman–Crippen MR) is 109 cm³/mol. The van der Waals surface area contributed by atoms with Crippen LogP contribution < -0.4 is 10.9 Å². The number of benzene rings is 2. The van der Waals surface area contributed by atoms with Crippen molar-refractivity contribution in [3.8, 4) is 0 Å². The van der Waals surface area contributed by atoms with Crippen molar-refractivity contribution in [2.24, 2.45) is 0 Å². The molecule has 1 unspecified atom stereocenters. The first kappa shape index (κ1) is 19.6. The Kier molecular flexibility index (Phi) is 6.76. The quantitative estimate of drug-likeness (QED) is 0.657. The number of amides is 1. The van der Waals surface area contributed by atoms with Gasteiger partial charge in [0, 0.05) is 25.9 Å². The fraction of sp³-hybridized carbons (Fsp3) is 0.217. The smallest absolute Gasteiger partial charge is 0.253 e. The minimum atomic E-state index is -0.212. The van der Waals surface area contributed by atoms with E-state index in [2.05, 4.69) is 5.32 Å². The van der Waals surface area contributed by atoms with Crippen LogP contribution in [0.4, 0.5) is 0 Å². The molecule has 5 heteroatoms. The molecule has 28 heavy (non-hydrogen) atoms. The molecule has 0 saturated heterocycles. The van der Waals surface area contributed by atoms with Crippen molar-refractivity contribution in [2.45, 2.75) is 19.0 Å². The molecule has 0 aliphatic heterocycles. The Morgan fingerprint density at radius 2 is 1.68 bits per heavy atom. The maximum absolute atomic E-state index is 12.9. The molecule has 2 aromatic carbocycles. The van der Waals surface area contributed by atoms with Gasteiger partial charge in [-0.25, -0.2) is 0 Å². The molecule has 5 nitrogen and oxygen atoms in total. The Bertz CT molecular complexity index is 952. The van der Waals surface area contributed by atoms with Gasteiger partial charge in [0.15, 0.2) is 0 Å². The number of ether oxygens (including phenoxy) is 1. The lowest BCUT2D eigenvalue weighted by atomic mass is 9.98. The van der Waals surface area contributed by atoms with Crippen LogP contribution >= 0.6 is 0 Å². The zero-order valence-electron chi connectivity index (χ0n) is 15.9. The molecule has 0 aliphatic carbocycles. The van der Waals surface area contributed by atoms with Gasteiger partial charge in [0.05, 0.1) is 18.2 Å². The number of carbonyl (C=O) groups excluding carboxylic acids is 1. The van der Waals surface area contributed by atoms with Gasteiger partial charge in [-0.15, -0.1) is 0 Å². The number of methoxy groups -OCH3 is 1. The van der Waals surface area contributed by atoms with E-state index in [0.29, 0.717) is 25.1 Å². The molecule has 1 amide bonds. The highest BCUT2D eigenvalue weighted by Gasteiger charge is 2.17. The van der Waals surface area contributed by atoms with Crippen molar-refractivity contribution in [3.05, 3.63) is 106 Å². The first-order chi connectivity index (χ1) is 13.7. The standard InChI is InChI=1S/C23H24N2O3/c1-28-15-14-25-17-20(12-13-22(25)26)23(27)24-21(19-10-6-3-7-11-19)16-18-8-4-2-5-9-18/h2-13,17,21H,14-16H2,1H3,(H,24,27). The van der Waals surface area contributed by atoms with E-state index < -0.39 is 0 Å². The number of aromatic nitrogens is 1. The van der Waals surface area contributed by atoms with Gasteiger partial charge in [-0.1, -0.05) is 60.7 Å². The predicted octanol–water partition coefficient (Wildman–Crippen LogP) is 3.21. The fourth-order valence-corrected chi connectivity index (χ4v) is 3.06. The van der Waals surface area contributed by atoms with Crippen LogP contribution in [0.3, 0.4) is 0 Å². The average Bonchev–Trinajstić information content (AvgIpc) is 2.74. The Morgan fingerprint density at radius 3 is 2.36 bits per heavy atom. The molecule has 3 aromatic rings. The molecule has 0 radical (unpaired) electrons. The van der Waals surface area contributed by atoms with Crippen LogP contribution in [0.5, 0.6) is 0 Å². The van der Waals surface area contributed by atoms with Crippen LogP contribution in [0.25, 0.3) is 0 Å². The SMILES string of the molecule is COCCn1cc(C(=O)NC(Cc2ccccc2)c2ccccc2)ccc1=O. The summed E-state index contributed by atoms with van der Waals surface area (Å²) in [5.74, 6) is -0.212. The second-order valence-corrected chi connectivity index (χ2v) is 6.57. The number of hydrogen-bond acceptors (Lipinski definition) is 3. The summed E-state index contributed by atoms with van der Waals surface area (Å²) >= 11 is 0. The molecule has 1 N–H and O–H groups in total. The van der Waals surface area contributed by atoms with Gasteiger partial charge >= 0.3 is 0 Å². The second kappa shape index (κ2) is 9.67. The highest BCUT2D eigenvalue weighted by Crippen LogP contribution is 2.19. The molecule has 3 rings (SSSR count). The normalized spacial score (nSPS) is 11.8. The number of hydrogen-bond donors (Lipinski definition) is 1. The van der Waals surface area contributed by atoms with Crippen LogP contribution in [-0.4, -0.2) is 24.2 Å². The molecule has 1 aromatic heterocycles. The molecule has 0 spiro atoms. The van der Waals surface area contributed by atoms with Crippen molar-refractivity contribution < 1.29 is 9.53 Å². The third-order valence-electron chi connectivity index (χ3n) is 4.57. The Balaban J connectivity index is 1.82. The maximum Gasteiger partial charge on any atom is 0.253 e. The van der Waals surface area contributed by atoms with Gasteiger partial charge in [-0.3, -0.25) is 9.59 Å². The summed E-state index contributed by atoms with van der Waals surface area (Å²) in [6, 6.07) is 22.8. The lowest BCUT2D eigenvalue weighted by molar-refractivity contribution is 0.0935. The molecular formula is C23H24N2O3.